The Labute approximate surface area is 345 Å². The maximum atomic E-state index is 13.2. The van der Waals surface area contributed by atoms with Crippen LogP contribution in [0.25, 0.3) is 5.65 Å². The van der Waals surface area contributed by atoms with Crippen LogP contribution < -0.4 is 21.3 Å². The van der Waals surface area contributed by atoms with Crippen LogP contribution in [0.4, 0.5) is 17.3 Å². The summed E-state index contributed by atoms with van der Waals surface area (Å²) in [4.78, 5) is 61.3. The molecule has 3 aliphatic rings. The molecule has 0 saturated carbocycles. The molecule has 2 aromatic carbocycles. The van der Waals surface area contributed by atoms with Crippen molar-refractivity contribution in [1.82, 2.24) is 34.6 Å². The van der Waals surface area contributed by atoms with Gasteiger partial charge < -0.3 is 30.9 Å². The number of aromatic nitrogens is 3. The summed E-state index contributed by atoms with van der Waals surface area (Å²) in [6.07, 6.45) is 7.31. The number of imide groups is 1. The fraction of sp³-hybridized carbons (Fsp3) is 0.500. The molecule has 1 unspecified atom stereocenters. The van der Waals surface area contributed by atoms with Crippen LogP contribution in [0.2, 0.25) is 0 Å². The number of fused-ring (bicyclic) bond motifs is 2. The monoisotopic (exact) mass is 806 g/mol. The maximum Gasteiger partial charge on any atom is 0.255 e. The summed E-state index contributed by atoms with van der Waals surface area (Å²) in [5.74, 6) is 0.929. The second-order valence-corrected chi connectivity index (χ2v) is 16.3. The molecule has 2 saturated heterocycles. The van der Waals surface area contributed by atoms with Crippen molar-refractivity contribution in [3.8, 4) is 0 Å². The van der Waals surface area contributed by atoms with E-state index in [2.05, 4.69) is 56.1 Å². The highest BCUT2D eigenvalue weighted by Gasteiger charge is 2.39. The second kappa shape index (κ2) is 19.1. The normalized spacial score (nSPS) is 18.0. The summed E-state index contributed by atoms with van der Waals surface area (Å²) in [5.41, 5.74) is 6.49. The minimum atomic E-state index is -0.596. The first-order valence-electron chi connectivity index (χ1n) is 21.2. The van der Waals surface area contributed by atoms with Crippen molar-refractivity contribution in [2.45, 2.75) is 96.8 Å². The number of anilines is 3. The lowest BCUT2D eigenvalue weighted by Gasteiger charge is -2.34. The van der Waals surface area contributed by atoms with Crippen molar-refractivity contribution in [2.75, 3.05) is 61.8 Å². The molecule has 0 bridgehead atoms. The lowest BCUT2D eigenvalue weighted by Crippen LogP contribution is -2.52. The summed E-state index contributed by atoms with van der Waals surface area (Å²) in [5, 5.41) is 26.6. The van der Waals surface area contributed by atoms with Gasteiger partial charge in [0.15, 0.2) is 5.65 Å². The Hall–Kier alpha value is -5.38. The van der Waals surface area contributed by atoms with Crippen LogP contribution in [0, 0.1) is 0 Å². The fourth-order valence-electron chi connectivity index (χ4n) is 8.26. The highest BCUT2D eigenvalue weighted by atomic mass is 16.3. The average Bonchev–Trinajstić information content (AvgIpc) is 3.81. The Kier molecular flexibility index (Phi) is 13.5. The van der Waals surface area contributed by atoms with Crippen molar-refractivity contribution in [2.24, 2.45) is 0 Å². The zero-order valence-corrected chi connectivity index (χ0v) is 34.5. The lowest BCUT2D eigenvalue weighted by atomic mass is 9.98. The van der Waals surface area contributed by atoms with Gasteiger partial charge in [-0.1, -0.05) is 51.5 Å². The van der Waals surface area contributed by atoms with Gasteiger partial charge >= 0.3 is 0 Å². The van der Waals surface area contributed by atoms with Crippen LogP contribution >= 0.6 is 0 Å². The van der Waals surface area contributed by atoms with Gasteiger partial charge in [-0.2, -0.15) is 9.61 Å². The van der Waals surface area contributed by atoms with Crippen molar-refractivity contribution in [3.05, 3.63) is 82.5 Å². The van der Waals surface area contributed by atoms with Gasteiger partial charge in [0.2, 0.25) is 17.7 Å². The molecule has 2 atom stereocenters. The number of hydrogen-bond donors (Lipinski definition) is 5. The largest absolute Gasteiger partial charge is 0.394 e. The molecule has 0 spiro atoms. The molecular formula is C44H58N10O5. The molecule has 5 N–H and O–H groups in total. The molecule has 314 valence electrons. The Bertz CT molecular complexity index is 2120. The number of piperidine rings is 1. The summed E-state index contributed by atoms with van der Waals surface area (Å²) >= 11 is 0. The number of nitrogens with zero attached hydrogens (tertiary/aromatic N) is 6. The van der Waals surface area contributed by atoms with Gasteiger partial charge in [-0.15, -0.1) is 0 Å². The molecule has 4 amide bonds. The third-order valence-electron chi connectivity index (χ3n) is 11.8. The first-order valence-corrected chi connectivity index (χ1v) is 21.2. The van der Waals surface area contributed by atoms with Crippen LogP contribution in [-0.4, -0.2) is 116 Å². The molecule has 2 aromatic heterocycles. The number of amides is 4. The molecule has 0 aliphatic carbocycles. The van der Waals surface area contributed by atoms with Crippen molar-refractivity contribution >= 4 is 46.6 Å². The lowest BCUT2D eigenvalue weighted by molar-refractivity contribution is -0.137. The molecule has 7 rings (SSSR count). The molecule has 0 radical (unpaired) electrons. The van der Waals surface area contributed by atoms with Crippen molar-refractivity contribution < 1.29 is 24.3 Å². The van der Waals surface area contributed by atoms with Crippen molar-refractivity contribution in [3.63, 3.8) is 0 Å². The van der Waals surface area contributed by atoms with Crippen LogP contribution in [0.1, 0.15) is 97.8 Å². The predicted octanol–water partition coefficient (Wildman–Crippen LogP) is 4.38. The number of carbonyl (C=O) groups is 4. The molecule has 5 heterocycles. The Morgan fingerprint density at radius 1 is 1.00 bits per heavy atom. The first-order chi connectivity index (χ1) is 28.6. The number of unbranched alkanes of at least 4 members (excludes halogenated alkanes) is 2. The molecule has 4 aromatic rings. The van der Waals surface area contributed by atoms with E-state index in [1.54, 1.807) is 4.90 Å². The van der Waals surface area contributed by atoms with Crippen molar-refractivity contribution in [1.29, 1.82) is 0 Å². The number of rotatable bonds is 18. The Morgan fingerprint density at radius 2 is 1.78 bits per heavy atom. The van der Waals surface area contributed by atoms with Gasteiger partial charge in [-0.3, -0.25) is 29.4 Å². The van der Waals surface area contributed by atoms with Gasteiger partial charge in [-0.25, -0.2) is 4.98 Å². The topological polar surface area (TPSA) is 177 Å². The standard InChI is InChI=1S/C44H58N10O5/c1-4-32(28-55)47-38-23-39(54-42(49-38)35(25-46-54)29(2)3)45-24-30-12-14-33(15-13-30)48-41(57)27-52-21-19-51(20-22-52)18-7-5-6-9-31-10-8-11-34-36(31)26-53(44(34)59)37-16-17-40(56)50-43(37)58/h8,10-15,23,25,29,32,37,45,55H,4-7,9,16-22,24,26-28H2,1-3H3,(H,47,49)(H,48,57)(H,50,56,58)/t32-,37?/m1/s1. The summed E-state index contributed by atoms with van der Waals surface area (Å²) in [6, 6.07) is 15.0. The van der Waals surface area contributed by atoms with Gasteiger partial charge in [0.1, 0.15) is 17.7 Å². The van der Waals surface area contributed by atoms with Gasteiger partial charge in [0.25, 0.3) is 5.91 Å². The first kappa shape index (κ1) is 41.8. The van der Waals surface area contributed by atoms with Gasteiger partial charge in [0, 0.05) is 68.6 Å². The molecule has 15 nitrogen and oxygen atoms in total. The molecule has 15 heteroatoms. The van der Waals surface area contributed by atoms with Gasteiger partial charge in [0.05, 0.1) is 25.4 Å². The summed E-state index contributed by atoms with van der Waals surface area (Å²) in [6.45, 7) is 12.2. The maximum absolute atomic E-state index is 13.2. The predicted molar refractivity (Wildman–Crippen MR) is 227 cm³/mol. The number of carbonyl (C=O) groups excluding carboxylic acids is 4. The summed E-state index contributed by atoms with van der Waals surface area (Å²) in [7, 11) is 0. The van der Waals surface area contributed by atoms with E-state index in [0.29, 0.717) is 37.4 Å². The highest BCUT2D eigenvalue weighted by Crippen LogP contribution is 2.31. The zero-order chi connectivity index (χ0) is 41.5. The van der Waals surface area contributed by atoms with E-state index in [1.807, 2.05) is 60.1 Å². The van der Waals surface area contributed by atoms with Crippen LogP contribution in [0.3, 0.4) is 0 Å². The molecular weight excluding hydrogens is 749 g/mol. The van der Waals surface area contributed by atoms with E-state index in [0.717, 1.165) is 104 Å². The van der Waals surface area contributed by atoms with E-state index in [9.17, 15) is 24.3 Å². The number of aliphatic hydroxyl groups is 1. The SMILES string of the molecule is CC[C@H](CO)Nc1cc(NCc2ccc(NC(=O)CN3CCN(CCCCCc4cccc5c4CN(C4CCC(=O)NC4=O)C5=O)CC3)cc2)n2ncc(C(C)C)c2n1. The van der Waals surface area contributed by atoms with Gasteiger partial charge in [-0.05, 0) is 79.5 Å². The third kappa shape index (κ3) is 10.1. The summed E-state index contributed by atoms with van der Waals surface area (Å²) < 4.78 is 1.82. The molecule has 2 fully saturated rings. The highest BCUT2D eigenvalue weighted by molar-refractivity contribution is 6.05. The number of aryl methyl sites for hydroxylation is 1. The van der Waals surface area contributed by atoms with E-state index in [1.165, 1.54) is 0 Å². The zero-order valence-electron chi connectivity index (χ0n) is 34.5. The number of benzene rings is 2. The van der Waals surface area contributed by atoms with E-state index < -0.39 is 6.04 Å². The van der Waals surface area contributed by atoms with Crippen LogP contribution in [-0.2, 0) is 33.9 Å². The number of nitrogens with one attached hydrogen (secondary N) is 4. The Morgan fingerprint density at radius 3 is 2.51 bits per heavy atom. The molecule has 3 aliphatic heterocycles. The molecule has 59 heavy (non-hydrogen) atoms. The van der Waals surface area contributed by atoms with E-state index >= 15 is 0 Å². The quantitative estimate of drug-likeness (QED) is 0.0713. The minimum Gasteiger partial charge on any atom is -0.394 e. The number of piperazine rings is 1. The number of hydrogen-bond acceptors (Lipinski definition) is 11. The second-order valence-electron chi connectivity index (χ2n) is 16.3. The number of aliphatic hydroxyl groups excluding tert-OH is 1. The van der Waals surface area contributed by atoms with Crippen LogP contribution in [0.5, 0.6) is 0 Å². The van der Waals surface area contributed by atoms with E-state index in [4.69, 9.17) is 4.98 Å². The van der Waals surface area contributed by atoms with Crippen LogP contribution in [0.15, 0.2) is 54.7 Å². The minimum absolute atomic E-state index is 0.0214. The average molecular weight is 807 g/mol. The Balaban J connectivity index is 0.808. The fourth-order valence-corrected chi connectivity index (χ4v) is 8.26. The third-order valence-corrected chi connectivity index (χ3v) is 11.8. The smallest absolute Gasteiger partial charge is 0.255 e. The van der Waals surface area contributed by atoms with E-state index in [-0.39, 0.29) is 48.6 Å².